The molecule has 0 spiro atoms. The highest BCUT2D eigenvalue weighted by molar-refractivity contribution is 9.10. The summed E-state index contributed by atoms with van der Waals surface area (Å²) in [5.41, 5.74) is 1.25. The van der Waals surface area contributed by atoms with Crippen molar-refractivity contribution in [3.05, 3.63) is 56.3 Å². The second-order valence-electron chi connectivity index (χ2n) is 4.04. The molecule has 19 heavy (non-hydrogen) atoms. The number of hydrogen-bond donors (Lipinski definition) is 3. The summed E-state index contributed by atoms with van der Waals surface area (Å²) in [4.78, 5) is 24.8. The van der Waals surface area contributed by atoms with Crippen LogP contribution in [0.3, 0.4) is 0 Å². The number of anilines is 2. The first kappa shape index (κ1) is 13.4. The molecule has 98 valence electrons. The van der Waals surface area contributed by atoms with E-state index < -0.39 is 11.5 Å². The number of aromatic amines is 1. The van der Waals surface area contributed by atoms with Crippen LogP contribution in [0.25, 0.3) is 0 Å². The number of aromatic nitrogens is 1. The maximum Gasteiger partial charge on any atom is 0.336 e. The van der Waals surface area contributed by atoms with Crippen molar-refractivity contribution in [2.45, 2.75) is 6.92 Å². The quantitative estimate of drug-likeness (QED) is 0.811. The van der Waals surface area contributed by atoms with Crippen LogP contribution in [0, 0.1) is 6.92 Å². The molecule has 0 aliphatic heterocycles. The van der Waals surface area contributed by atoms with Crippen LogP contribution in [0.1, 0.15) is 15.9 Å². The number of carbonyl (C=O) groups is 1. The molecule has 0 aliphatic carbocycles. The molecule has 0 amide bonds. The van der Waals surface area contributed by atoms with Crippen molar-refractivity contribution >= 4 is 33.4 Å². The number of pyridine rings is 1. The highest BCUT2D eigenvalue weighted by Gasteiger charge is 2.07. The molecular weight excluding hydrogens is 312 g/mol. The van der Waals surface area contributed by atoms with Gasteiger partial charge in [-0.15, -0.1) is 0 Å². The van der Waals surface area contributed by atoms with E-state index in [0.29, 0.717) is 5.82 Å². The topological polar surface area (TPSA) is 82.2 Å². The van der Waals surface area contributed by atoms with Gasteiger partial charge in [-0.05, 0) is 36.8 Å². The summed E-state index contributed by atoms with van der Waals surface area (Å²) in [6, 6.07) is 8.04. The zero-order chi connectivity index (χ0) is 14.0. The molecule has 0 radical (unpaired) electrons. The van der Waals surface area contributed by atoms with Gasteiger partial charge in [0, 0.05) is 16.2 Å². The van der Waals surface area contributed by atoms with Crippen LogP contribution in [0.5, 0.6) is 0 Å². The predicted octanol–water partition coefficient (Wildman–Crippen LogP) is 2.89. The summed E-state index contributed by atoms with van der Waals surface area (Å²) in [5, 5.41) is 11.9. The molecular formula is C13H11BrN2O3. The van der Waals surface area contributed by atoms with E-state index in [0.717, 1.165) is 21.8 Å². The predicted molar refractivity (Wildman–Crippen MR) is 76.2 cm³/mol. The van der Waals surface area contributed by atoms with Gasteiger partial charge in [0.05, 0.1) is 5.56 Å². The van der Waals surface area contributed by atoms with Crippen LogP contribution in [-0.4, -0.2) is 16.1 Å². The number of rotatable bonds is 3. The van der Waals surface area contributed by atoms with Crippen molar-refractivity contribution in [2.75, 3.05) is 5.32 Å². The Labute approximate surface area is 117 Å². The summed E-state index contributed by atoms with van der Waals surface area (Å²) in [5.74, 6) is -0.794. The summed E-state index contributed by atoms with van der Waals surface area (Å²) in [7, 11) is 0. The Morgan fingerprint density at radius 1 is 1.32 bits per heavy atom. The third-order valence-electron chi connectivity index (χ3n) is 2.55. The molecule has 0 atom stereocenters. The molecule has 1 aromatic carbocycles. The van der Waals surface area contributed by atoms with Gasteiger partial charge in [0.25, 0.3) is 0 Å². The fourth-order valence-corrected chi connectivity index (χ4v) is 2.12. The van der Waals surface area contributed by atoms with Crippen LogP contribution in [-0.2, 0) is 0 Å². The number of H-pyrrole nitrogens is 1. The second kappa shape index (κ2) is 5.27. The van der Waals surface area contributed by atoms with Crippen molar-refractivity contribution in [3.8, 4) is 0 Å². The zero-order valence-electron chi connectivity index (χ0n) is 10.0. The molecule has 0 saturated heterocycles. The molecule has 6 heteroatoms. The zero-order valence-corrected chi connectivity index (χ0v) is 11.6. The highest BCUT2D eigenvalue weighted by atomic mass is 79.9. The molecule has 3 N–H and O–H groups in total. The molecule has 1 heterocycles. The molecule has 0 unspecified atom stereocenters. The molecule has 0 bridgehead atoms. The monoisotopic (exact) mass is 322 g/mol. The fraction of sp³-hybridized carbons (Fsp3) is 0.0769. The van der Waals surface area contributed by atoms with E-state index in [9.17, 15) is 9.59 Å². The number of aromatic carboxylic acids is 1. The van der Waals surface area contributed by atoms with E-state index in [-0.39, 0.29) is 5.56 Å². The smallest absolute Gasteiger partial charge is 0.336 e. The Hall–Kier alpha value is -2.08. The lowest BCUT2D eigenvalue weighted by Gasteiger charge is -2.10. The lowest BCUT2D eigenvalue weighted by atomic mass is 10.2. The molecule has 0 saturated carbocycles. The van der Waals surface area contributed by atoms with Crippen molar-refractivity contribution < 1.29 is 9.90 Å². The van der Waals surface area contributed by atoms with Crippen molar-refractivity contribution in [1.29, 1.82) is 0 Å². The van der Waals surface area contributed by atoms with Gasteiger partial charge in [0.1, 0.15) is 5.82 Å². The standard InChI is InChI=1S/C13H11BrN2O3/c1-7-4-9(14)2-3-10(7)15-11-5-8(13(18)19)6-12(17)16-11/h2-6H,1H3,(H,18,19)(H2,15,16,17). The summed E-state index contributed by atoms with van der Waals surface area (Å²) < 4.78 is 0.948. The minimum absolute atomic E-state index is 0.0546. The number of carboxylic acids is 1. The van der Waals surface area contributed by atoms with Gasteiger partial charge >= 0.3 is 5.97 Å². The first-order chi connectivity index (χ1) is 8.95. The lowest BCUT2D eigenvalue weighted by Crippen LogP contribution is -2.11. The average molecular weight is 323 g/mol. The van der Waals surface area contributed by atoms with Crippen LogP contribution in [0.15, 0.2) is 39.6 Å². The number of halogens is 1. The van der Waals surface area contributed by atoms with Gasteiger partial charge < -0.3 is 15.4 Å². The van der Waals surface area contributed by atoms with Gasteiger partial charge in [-0.25, -0.2) is 4.79 Å². The number of nitrogens with one attached hydrogen (secondary N) is 2. The van der Waals surface area contributed by atoms with Crippen LogP contribution >= 0.6 is 15.9 Å². The maximum absolute atomic E-state index is 11.4. The number of aryl methyl sites for hydroxylation is 1. The van der Waals surface area contributed by atoms with Crippen molar-refractivity contribution in [3.63, 3.8) is 0 Å². The highest BCUT2D eigenvalue weighted by Crippen LogP contribution is 2.22. The number of carboxylic acid groups (broad SMARTS) is 1. The first-order valence-electron chi connectivity index (χ1n) is 5.46. The number of hydrogen-bond acceptors (Lipinski definition) is 3. The van der Waals surface area contributed by atoms with E-state index in [1.165, 1.54) is 6.07 Å². The molecule has 2 aromatic rings. The van der Waals surface area contributed by atoms with Gasteiger partial charge in [-0.1, -0.05) is 15.9 Å². The minimum atomic E-state index is -1.14. The largest absolute Gasteiger partial charge is 0.478 e. The summed E-state index contributed by atoms with van der Waals surface area (Å²) >= 11 is 3.36. The Kier molecular flexibility index (Phi) is 3.71. The van der Waals surface area contributed by atoms with Gasteiger partial charge in [-0.3, -0.25) is 4.79 Å². The normalized spacial score (nSPS) is 10.2. The molecule has 2 rings (SSSR count). The van der Waals surface area contributed by atoms with Gasteiger partial charge in [-0.2, -0.15) is 0 Å². The minimum Gasteiger partial charge on any atom is -0.478 e. The van der Waals surface area contributed by atoms with Crippen molar-refractivity contribution in [1.82, 2.24) is 4.98 Å². The van der Waals surface area contributed by atoms with E-state index in [1.807, 2.05) is 25.1 Å². The van der Waals surface area contributed by atoms with Gasteiger partial charge in [0.2, 0.25) is 5.56 Å². The van der Waals surface area contributed by atoms with Gasteiger partial charge in [0.15, 0.2) is 0 Å². The van der Waals surface area contributed by atoms with Crippen molar-refractivity contribution in [2.24, 2.45) is 0 Å². The van der Waals surface area contributed by atoms with E-state index in [4.69, 9.17) is 5.11 Å². The Bertz CT molecular complexity index is 695. The van der Waals surface area contributed by atoms with Crippen LogP contribution < -0.4 is 10.9 Å². The average Bonchev–Trinajstić information content (AvgIpc) is 2.32. The SMILES string of the molecule is Cc1cc(Br)ccc1Nc1cc(C(=O)O)cc(=O)[nH]1. The Balaban J connectivity index is 2.38. The summed E-state index contributed by atoms with van der Waals surface area (Å²) in [6.45, 7) is 1.91. The Morgan fingerprint density at radius 3 is 2.68 bits per heavy atom. The molecule has 1 aromatic heterocycles. The summed E-state index contributed by atoms with van der Waals surface area (Å²) in [6.07, 6.45) is 0. The first-order valence-corrected chi connectivity index (χ1v) is 6.26. The van der Waals surface area contributed by atoms with Crippen LogP contribution in [0.2, 0.25) is 0 Å². The maximum atomic E-state index is 11.4. The lowest BCUT2D eigenvalue weighted by molar-refractivity contribution is 0.0696. The second-order valence-corrected chi connectivity index (χ2v) is 4.95. The third kappa shape index (κ3) is 3.23. The third-order valence-corrected chi connectivity index (χ3v) is 3.04. The fourth-order valence-electron chi connectivity index (χ4n) is 1.65. The van der Waals surface area contributed by atoms with Crippen LogP contribution in [0.4, 0.5) is 11.5 Å². The van der Waals surface area contributed by atoms with E-state index >= 15 is 0 Å². The number of benzene rings is 1. The van der Waals surface area contributed by atoms with E-state index in [1.54, 1.807) is 0 Å². The molecule has 0 aliphatic rings. The molecule has 5 nitrogen and oxygen atoms in total. The Morgan fingerprint density at radius 2 is 2.05 bits per heavy atom. The van der Waals surface area contributed by atoms with E-state index in [2.05, 4.69) is 26.2 Å². The molecule has 0 fully saturated rings.